The molecule has 0 amide bonds. The summed E-state index contributed by atoms with van der Waals surface area (Å²) in [6.07, 6.45) is 2.64. The smallest absolute Gasteiger partial charge is 0.152 e. The number of pyridine rings is 1. The lowest BCUT2D eigenvalue weighted by Crippen LogP contribution is -2.10. The van der Waals surface area contributed by atoms with Crippen LogP contribution >= 0.6 is 0 Å². The molecular weight excluding hydrogens is 260 g/mol. The van der Waals surface area contributed by atoms with E-state index < -0.39 is 0 Å². The number of carbonyl (C=O) groups excluding carboxylic acids is 1. The second-order valence-corrected chi connectivity index (χ2v) is 6.26. The van der Waals surface area contributed by atoms with E-state index in [9.17, 15) is 4.79 Å². The summed E-state index contributed by atoms with van der Waals surface area (Å²) >= 11 is 0. The van der Waals surface area contributed by atoms with E-state index in [4.69, 9.17) is 0 Å². The molecule has 0 spiro atoms. The van der Waals surface area contributed by atoms with Gasteiger partial charge in [-0.1, -0.05) is 32.9 Å². The summed E-state index contributed by atoms with van der Waals surface area (Å²) in [5, 5.41) is 0.957. The lowest BCUT2D eigenvalue weighted by molar-refractivity contribution is 0.112. The van der Waals surface area contributed by atoms with Crippen molar-refractivity contribution in [1.82, 2.24) is 9.97 Å². The van der Waals surface area contributed by atoms with Gasteiger partial charge in [-0.25, -0.2) is 0 Å². The van der Waals surface area contributed by atoms with E-state index in [0.717, 1.165) is 28.6 Å². The molecule has 3 nitrogen and oxygen atoms in total. The molecule has 21 heavy (non-hydrogen) atoms. The van der Waals surface area contributed by atoms with Crippen LogP contribution in [0.1, 0.15) is 36.7 Å². The number of aldehydes is 1. The van der Waals surface area contributed by atoms with Gasteiger partial charge in [-0.2, -0.15) is 0 Å². The van der Waals surface area contributed by atoms with E-state index in [2.05, 4.69) is 42.9 Å². The van der Waals surface area contributed by atoms with Crippen LogP contribution < -0.4 is 0 Å². The maximum atomic E-state index is 11.6. The first kappa shape index (κ1) is 13.6. The third-order valence-corrected chi connectivity index (χ3v) is 3.74. The molecule has 0 atom stereocenters. The molecule has 3 aromatic rings. The second kappa shape index (κ2) is 4.85. The molecule has 0 fully saturated rings. The molecule has 0 unspecified atom stereocenters. The standard InChI is InChI=1S/C18H18N2O/c1-18(2,3)12-7-8-15-13(10-12)14(11-21)17(20-15)16-6-4-5-9-19-16/h4-11,20H,1-3H3. The predicted octanol–water partition coefficient (Wildman–Crippen LogP) is 4.34. The van der Waals surface area contributed by atoms with Crippen LogP contribution in [-0.4, -0.2) is 16.3 Å². The first-order valence-electron chi connectivity index (χ1n) is 7.03. The van der Waals surface area contributed by atoms with Gasteiger partial charge in [0.05, 0.1) is 11.4 Å². The molecule has 0 saturated heterocycles. The number of aromatic nitrogens is 2. The van der Waals surface area contributed by atoms with Crippen LogP contribution in [0.5, 0.6) is 0 Å². The molecule has 1 N–H and O–H groups in total. The summed E-state index contributed by atoms with van der Waals surface area (Å²) in [6, 6.07) is 11.9. The van der Waals surface area contributed by atoms with Crippen molar-refractivity contribution in [1.29, 1.82) is 0 Å². The Hall–Kier alpha value is -2.42. The van der Waals surface area contributed by atoms with Gasteiger partial charge in [0.2, 0.25) is 0 Å². The third kappa shape index (κ3) is 2.35. The summed E-state index contributed by atoms with van der Waals surface area (Å²) in [5.41, 5.74) is 4.47. The summed E-state index contributed by atoms with van der Waals surface area (Å²) < 4.78 is 0. The molecule has 0 radical (unpaired) electrons. The minimum absolute atomic E-state index is 0.0524. The monoisotopic (exact) mass is 278 g/mol. The highest BCUT2D eigenvalue weighted by atomic mass is 16.1. The van der Waals surface area contributed by atoms with Crippen LogP contribution in [0.2, 0.25) is 0 Å². The van der Waals surface area contributed by atoms with Crippen molar-refractivity contribution in [3.8, 4) is 11.4 Å². The highest BCUT2D eigenvalue weighted by Crippen LogP contribution is 2.31. The zero-order chi connectivity index (χ0) is 15.0. The van der Waals surface area contributed by atoms with E-state index >= 15 is 0 Å². The van der Waals surface area contributed by atoms with Crippen molar-refractivity contribution in [3.05, 3.63) is 53.7 Å². The Morgan fingerprint density at radius 1 is 1.14 bits per heavy atom. The Bertz CT molecular complexity index is 795. The van der Waals surface area contributed by atoms with E-state index in [1.54, 1.807) is 6.20 Å². The zero-order valence-corrected chi connectivity index (χ0v) is 12.5. The summed E-state index contributed by atoms with van der Waals surface area (Å²) in [4.78, 5) is 19.2. The summed E-state index contributed by atoms with van der Waals surface area (Å²) in [6.45, 7) is 6.50. The van der Waals surface area contributed by atoms with Crippen LogP contribution in [0.15, 0.2) is 42.6 Å². The fourth-order valence-corrected chi connectivity index (χ4v) is 2.51. The Labute approximate surface area is 124 Å². The highest BCUT2D eigenvalue weighted by Gasteiger charge is 2.18. The highest BCUT2D eigenvalue weighted by molar-refractivity contribution is 6.04. The minimum atomic E-state index is 0.0524. The number of fused-ring (bicyclic) bond motifs is 1. The molecule has 0 saturated carbocycles. The van der Waals surface area contributed by atoms with Gasteiger partial charge in [0.25, 0.3) is 0 Å². The maximum absolute atomic E-state index is 11.6. The molecule has 0 aliphatic rings. The quantitative estimate of drug-likeness (QED) is 0.709. The number of benzene rings is 1. The van der Waals surface area contributed by atoms with E-state index in [-0.39, 0.29) is 5.41 Å². The number of rotatable bonds is 2. The van der Waals surface area contributed by atoms with Crippen LogP contribution in [-0.2, 0) is 5.41 Å². The summed E-state index contributed by atoms with van der Waals surface area (Å²) in [7, 11) is 0. The van der Waals surface area contributed by atoms with E-state index in [0.29, 0.717) is 5.56 Å². The van der Waals surface area contributed by atoms with Gasteiger partial charge in [-0.3, -0.25) is 9.78 Å². The topological polar surface area (TPSA) is 45.8 Å². The molecule has 3 rings (SSSR count). The van der Waals surface area contributed by atoms with Crippen molar-refractivity contribution in [2.24, 2.45) is 0 Å². The Morgan fingerprint density at radius 3 is 2.57 bits per heavy atom. The Balaban J connectivity index is 2.27. The van der Waals surface area contributed by atoms with Crippen molar-refractivity contribution >= 4 is 17.2 Å². The number of aromatic amines is 1. The minimum Gasteiger partial charge on any atom is -0.353 e. The lowest BCUT2D eigenvalue weighted by atomic mass is 9.86. The summed E-state index contributed by atoms with van der Waals surface area (Å²) in [5.74, 6) is 0. The second-order valence-electron chi connectivity index (χ2n) is 6.26. The number of nitrogens with zero attached hydrogens (tertiary/aromatic N) is 1. The van der Waals surface area contributed by atoms with Gasteiger partial charge < -0.3 is 4.98 Å². The Morgan fingerprint density at radius 2 is 1.95 bits per heavy atom. The normalized spacial score (nSPS) is 11.8. The fourth-order valence-electron chi connectivity index (χ4n) is 2.51. The average molecular weight is 278 g/mol. The molecule has 0 aliphatic heterocycles. The number of H-pyrrole nitrogens is 1. The maximum Gasteiger partial charge on any atom is 0.152 e. The van der Waals surface area contributed by atoms with Gasteiger partial charge in [-0.05, 0) is 35.2 Å². The van der Waals surface area contributed by atoms with Crippen LogP contribution in [0.3, 0.4) is 0 Å². The largest absolute Gasteiger partial charge is 0.353 e. The van der Waals surface area contributed by atoms with Crippen molar-refractivity contribution in [2.45, 2.75) is 26.2 Å². The van der Waals surface area contributed by atoms with Gasteiger partial charge in [0, 0.05) is 22.7 Å². The van der Waals surface area contributed by atoms with Crippen LogP contribution in [0, 0.1) is 0 Å². The number of hydrogen-bond acceptors (Lipinski definition) is 2. The molecular formula is C18H18N2O. The van der Waals surface area contributed by atoms with Gasteiger partial charge in [0.1, 0.15) is 0 Å². The van der Waals surface area contributed by atoms with Crippen molar-refractivity contribution in [2.75, 3.05) is 0 Å². The van der Waals surface area contributed by atoms with E-state index in [1.807, 2.05) is 24.3 Å². The predicted molar refractivity (Wildman–Crippen MR) is 85.6 cm³/mol. The molecule has 106 valence electrons. The molecule has 3 heteroatoms. The van der Waals surface area contributed by atoms with Gasteiger partial charge >= 0.3 is 0 Å². The first-order valence-corrected chi connectivity index (χ1v) is 7.03. The van der Waals surface area contributed by atoms with E-state index in [1.165, 1.54) is 5.56 Å². The number of nitrogens with one attached hydrogen (secondary N) is 1. The molecule has 0 bridgehead atoms. The van der Waals surface area contributed by atoms with Crippen LogP contribution in [0.25, 0.3) is 22.3 Å². The van der Waals surface area contributed by atoms with Gasteiger partial charge in [-0.15, -0.1) is 0 Å². The average Bonchev–Trinajstić information content (AvgIpc) is 2.84. The molecule has 1 aromatic carbocycles. The Kier molecular flexibility index (Phi) is 3.13. The molecule has 2 heterocycles. The van der Waals surface area contributed by atoms with Crippen molar-refractivity contribution < 1.29 is 4.79 Å². The fraction of sp³-hybridized carbons (Fsp3) is 0.222. The third-order valence-electron chi connectivity index (χ3n) is 3.74. The zero-order valence-electron chi connectivity index (χ0n) is 12.5. The number of hydrogen-bond donors (Lipinski definition) is 1. The first-order chi connectivity index (χ1) is 10.0. The van der Waals surface area contributed by atoms with Crippen LogP contribution in [0.4, 0.5) is 0 Å². The molecule has 0 aliphatic carbocycles. The lowest BCUT2D eigenvalue weighted by Gasteiger charge is -2.18. The SMILES string of the molecule is CC(C)(C)c1ccc2[nH]c(-c3ccccn3)c(C=O)c2c1. The number of carbonyl (C=O) groups is 1. The molecule has 2 aromatic heterocycles. The van der Waals surface area contributed by atoms with Crippen molar-refractivity contribution in [3.63, 3.8) is 0 Å². The van der Waals surface area contributed by atoms with Gasteiger partial charge in [0.15, 0.2) is 6.29 Å².